The van der Waals surface area contributed by atoms with E-state index in [4.69, 9.17) is 16.7 Å². The van der Waals surface area contributed by atoms with E-state index in [1.165, 1.54) is 0 Å². The van der Waals surface area contributed by atoms with Crippen molar-refractivity contribution in [2.45, 2.75) is 12.2 Å². The Kier molecular flexibility index (Phi) is 4.45. The molecular formula is C13H14ClNO4S. The summed E-state index contributed by atoms with van der Waals surface area (Å²) < 4.78 is 11.2. The number of hydrogen-bond donors (Lipinski definition) is 2. The predicted octanol–water partition coefficient (Wildman–Crippen LogP) is 1.88. The number of carboxylic acid groups (broad SMARTS) is 1. The van der Waals surface area contributed by atoms with Crippen LogP contribution in [0.5, 0.6) is 0 Å². The summed E-state index contributed by atoms with van der Waals surface area (Å²) in [5.41, 5.74) is 1.23. The minimum Gasteiger partial charge on any atom is -0.481 e. The number of anilines is 1. The molecule has 7 heteroatoms. The third-order valence-corrected chi connectivity index (χ3v) is 4.20. The van der Waals surface area contributed by atoms with Crippen molar-refractivity contribution < 1.29 is 18.9 Å². The molecule has 0 spiro atoms. The second-order valence-electron chi connectivity index (χ2n) is 4.80. The van der Waals surface area contributed by atoms with Crippen molar-refractivity contribution in [2.75, 3.05) is 11.6 Å². The van der Waals surface area contributed by atoms with Crippen LogP contribution < -0.4 is 5.32 Å². The van der Waals surface area contributed by atoms with Crippen molar-refractivity contribution in [2.24, 2.45) is 11.8 Å². The van der Waals surface area contributed by atoms with Crippen LogP contribution in [0.4, 0.5) is 5.69 Å². The van der Waals surface area contributed by atoms with Gasteiger partial charge in [-0.1, -0.05) is 11.6 Å². The largest absolute Gasteiger partial charge is 0.481 e. The molecule has 1 amide bonds. The summed E-state index contributed by atoms with van der Waals surface area (Å²) in [4.78, 5) is 22.6. The van der Waals surface area contributed by atoms with Crippen LogP contribution in [0.3, 0.4) is 0 Å². The maximum atomic E-state index is 11.8. The minimum atomic E-state index is -1.03. The van der Waals surface area contributed by atoms with E-state index < -0.39 is 28.6 Å². The van der Waals surface area contributed by atoms with Gasteiger partial charge in [0.15, 0.2) is 0 Å². The van der Waals surface area contributed by atoms with Crippen molar-refractivity contribution in [3.8, 4) is 0 Å². The zero-order valence-corrected chi connectivity index (χ0v) is 12.3. The Hall–Kier alpha value is -1.40. The van der Waals surface area contributed by atoms with Gasteiger partial charge in [0.1, 0.15) is 0 Å². The van der Waals surface area contributed by atoms with Gasteiger partial charge in [-0.05, 0) is 30.2 Å². The molecule has 3 atom stereocenters. The average molecular weight is 316 g/mol. The SMILES string of the molecule is CS(=O)Cc1cc(NC(=O)C2CC2C(=O)O)ccc1Cl. The number of carbonyl (C=O) groups excluding carboxylic acids is 1. The van der Waals surface area contributed by atoms with Crippen LogP contribution in [0, 0.1) is 11.8 Å². The number of aliphatic carboxylic acids is 1. The molecule has 1 fully saturated rings. The van der Waals surface area contributed by atoms with Crippen molar-refractivity contribution in [3.05, 3.63) is 28.8 Å². The fourth-order valence-corrected chi connectivity index (χ4v) is 2.92. The van der Waals surface area contributed by atoms with E-state index in [0.29, 0.717) is 28.4 Å². The van der Waals surface area contributed by atoms with Gasteiger partial charge in [-0.15, -0.1) is 0 Å². The summed E-state index contributed by atoms with van der Waals surface area (Å²) >= 11 is 5.99. The van der Waals surface area contributed by atoms with E-state index in [0.717, 1.165) is 0 Å². The lowest BCUT2D eigenvalue weighted by atomic mass is 10.2. The van der Waals surface area contributed by atoms with Gasteiger partial charge in [0, 0.05) is 33.5 Å². The molecule has 0 heterocycles. The highest BCUT2D eigenvalue weighted by Gasteiger charge is 2.48. The molecule has 108 valence electrons. The Balaban J connectivity index is 2.05. The molecule has 1 aliphatic carbocycles. The Morgan fingerprint density at radius 2 is 2.15 bits per heavy atom. The molecule has 20 heavy (non-hydrogen) atoms. The van der Waals surface area contributed by atoms with E-state index >= 15 is 0 Å². The molecule has 1 saturated carbocycles. The summed E-state index contributed by atoms with van der Waals surface area (Å²) in [6.45, 7) is 0. The number of benzene rings is 1. The summed E-state index contributed by atoms with van der Waals surface area (Å²) in [6.07, 6.45) is 1.95. The highest BCUT2D eigenvalue weighted by atomic mass is 35.5. The first kappa shape index (κ1) is 15.0. The van der Waals surface area contributed by atoms with Gasteiger partial charge < -0.3 is 10.4 Å². The fourth-order valence-electron chi connectivity index (χ4n) is 1.97. The van der Waals surface area contributed by atoms with E-state index in [2.05, 4.69) is 5.32 Å². The maximum absolute atomic E-state index is 11.8. The summed E-state index contributed by atoms with van der Waals surface area (Å²) in [6, 6.07) is 4.93. The molecule has 5 nitrogen and oxygen atoms in total. The van der Waals surface area contributed by atoms with Gasteiger partial charge in [-0.25, -0.2) is 0 Å². The normalized spacial score (nSPS) is 22.1. The zero-order valence-electron chi connectivity index (χ0n) is 10.8. The zero-order chi connectivity index (χ0) is 14.9. The number of amides is 1. The Bertz CT molecular complexity index is 590. The summed E-state index contributed by atoms with van der Waals surface area (Å²) in [5, 5.41) is 12.0. The van der Waals surface area contributed by atoms with Gasteiger partial charge >= 0.3 is 5.97 Å². The number of nitrogens with one attached hydrogen (secondary N) is 1. The number of hydrogen-bond acceptors (Lipinski definition) is 3. The second-order valence-corrected chi connectivity index (χ2v) is 6.64. The summed E-state index contributed by atoms with van der Waals surface area (Å²) in [5.74, 6) is -1.98. The van der Waals surface area contributed by atoms with Gasteiger partial charge in [-0.2, -0.15) is 0 Å². The Labute approximate surface area is 123 Å². The first-order valence-electron chi connectivity index (χ1n) is 6.00. The van der Waals surface area contributed by atoms with Crippen LogP contribution in [0.15, 0.2) is 18.2 Å². The molecule has 0 bridgehead atoms. The molecule has 0 radical (unpaired) electrons. The monoisotopic (exact) mass is 315 g/mol. The molecule has 3 unspecified atom stereocenters. The minimum absolute atomic E-state index is 0.303. The van der Waals surface area contributed by atoms with Crippen LogP contribution in [0.25, 0.3) is 0 Å². The van der Waals surface area contributed by atoms with E-state index in [-0.39, 0.29) is 5.91 Å². The van der Waals surface area contributed by atoms with Gasteiger partial charge in [0.25, 0.3) is 0 Å². The lowest BCUT2D eigenvalue weighted by Gasteiger charge is -2.08. The highest BCUT2D eigenvalue weighted by molar-refractivity contribution is 7.83. The second kappa shape index (κ2) is 5.93. The molecule has 1 aromatic carbocycles. The maximum Gasteiger partial charge on any atom is 0.307 e. The molecule has 0 saturated heterocycles. The van der Waals surface area contributed by atoms with Crippen LogP contribution in [-0.2, 0) is 26.1 Å². The molecular weight excluding hydrogens is 302 g/mol. The smallest absolute Gasteiger partial charge is 0.307 e. The van der Waals surface area contributed by atoms with Gasteiger partial charge in [0.2, 0.25) is 5.91 Å². The Morgan fingerprint density at radius 1 is 1.45 bits per heavy atom. The van der Waals surface area contributed by atoms with Gasteiger partial charge in [-0.3, -0.25) is 13.8 Å². The number of carboxylic acids is 1. The number of carbonyl (C=O) groups is 2. The average Bonchev–Trinajstić information content (AvgIpc) is 3.13. The number of halogens is 1. The summed E-state index contributed by atoms with van der Waals surface area (Å²) in [7, 11) is -1.03. The fraction of sp³-hybridized carbons (Fsp3) is 0.385. The van der Waals surface area contributed by atoms with Crippen molar-refractivity contribution in [1.29, 1.82) is 0 Å². The van der Waals surface area contributed by atoms with Gasteiger partial charge in [0.05, 0.1) is 11.8 Å². The lowest BCUT2D eigenvalue weighted by Crippen LogP contribution is -2.17. The first-order chi connectivity index (χ1) is 9.38. The van der Waals surface area contributed by atoms with E-state index in [1.54, 1.807) is 24.5 Å². The van der Waals surface area contributed by atoms with Crippen LogP contribution in [0.2, 0.25) is 5.02 Å². The van der Waals surface area contributed by atoms with Crippen LogP contribution in [0.1, 0.15) is 12.0 Å². The van der Waals surface area contributed by atoms with E-state index in [1.807, 2.05) is 0 Å². The molecule has 2 rings (SSSR count). The Morgan fingerprint density at radius 3 is 2.70 bits per heavy atom. The molecule has 2 N–H and O–H groups in total. The van der Waals surface area contributed by atoms with Crippen LogP contribution in [-0.4, -0.2) is 27.4 Å². The lowest BCUT2D eigenvalue weighted by molar-refractivity contribution is -0.139. The predicted molar refractivity (Wildman–Crippen MR) is 77.1 cm³/mol. The van der Waals surface area contributed by atoms with E-state index in [9.17, 15) is 13.8 Å². The first-order valence-corrected chi connectivity index (χ1v) is 8.11. The van der Waals surface area contributed by atoms with Crippen LogP contribution >= 0.6 is 11.6 Å². The van der Waals surface area contributed by atoms with Crippen molar-refractivity contribution >= 4 is 40.0 Å². The molecule has 0 aliphatic heterocycles. The molecule has 0 aromatic heterocycles. The quantitative estimate of drug-likeness (QED) is 0.869. The third-order valence-electron chi connectivity index (χ3n) is 3.12. The third kappa shape index (κ3) is 3.58. The molecule has 1 aliphatic rings. The number of rotatable bonds is 5. The molecule has 1 aromatic rings. The van der Waals surface area contributed by atoms with Crippen molar-refractivity contribution in [3.63, 3.8) is 0 Å². The highest BCUT2D eigenvalue weighted by Crippen LogP contribution is 2.39. The van der Waals surface area contributed by atoms with Crippen molar-refractivity contribution in [1.82, 2.24) is 0 Å². The topological polar surface area (TPSA) is 83.5 Å². The standard InChI is InChI=1S/C13H14ClNO4S/c1-20(19)6-7-4-8(2-3-11(7)14)15-12(16)9-5-10(9)13(17)18/h2-4,9-10H,5-6H2,1H3,(H,15,16)(H,17,18).